The maximum atomic E-state index is 11.5. The molecule has 0 radical (unpaired) electrons. The zero-order chi connectivity index (χ0) is 19.2. The first-order valence-corrected chi connectivity index (χ1v) is 9.93. The second-order valence-corrected chi connectivity index (χ2v) is 7.59. The lowest BCUT2D eigenvalue weighted by Crippen LogP contribution is -2.50. The standard InChI is InChI=1S/C21H27N5O2/c27-19-6-11-28-21(16-25-19)7-9-26(10-8-21)15-18-13-23-20(24-14-18)22-12-17-4-2-1-3-5-17/h1-5,13-14H,6-12,15-16H2,(H,25,27)(H,22,23,24). The Morgan fingerprint density at radius 2 is 1.86 bits per heavy atom. The Hall–Kier alpha value is -2.51. The molecule has 3 heterocycles. The molecular formula is C21H27N5O2. The van der Waals surface area contributed by atoms with Gasteiger partial charge in [0.15, 0.2) is 0 Å². The van der Waals surface area contributed by atoms with Crippen LogP contribution in [-0.4, -0.2) is 52.6 Å². The van der Waals surface area contributed by atoms with E-state index in [1.807, 2.05) is 30.6 Å². The lowest BCUT2D eigenvalue weighted by molar-refractivity contribution is -0.120. The zero-order valence-electron chi connectivity index (χ0n) is 16.1. The number of carbonyl (C=O) groups is 1. The number of ether oxygens (including phenoxy) is 1. The number of piperidine rings is 1. The SMILES string of the molecule is O=C1CCOC2(CCN(Cc3cnc(NCc4ccccc4)nc3)CC2)CN1. The molecule has 2 aliphatic rings. The number of hydrogen-bond donors (Lipinski definition) is 2. The number of anilines is 1. The number of nitrogens with zero attached hydrogens (tertiary/aromatic N) is 3. The Morgan fingerprint density at radius 3 is 2.61 bits per heavy atom. The molecule has 148 valence electrons. The molecule has 0 unspecified atom stereocenters. The average Bonchev–Trinajstić information content (AvgIpc) is 2.92. The molecule has 4 rings (SSSR count). The van der Waals surface area contributed by atoms with Crippen LogP contribution in [0.25, 0.3) is 0 Å². The average molecular weight is 381 g/mol. The van der Waals surface area contributed by atoms with Crippen molar-refractivity contribution in [2.75, 3.05) is 31.6 Å². The Morgan fingerprint density at radius 1 is 1.11 bits per heavy atom. The van der Waals surface area contributed by atoms with Crippen LogP contribution in [0, 0.1) is 0 Å². The van der Waals surface area contributed by atoms with Crippen LogP contribution in [0.4, 0.5) is 5.95 Å². The molecule has 1 aromatic heterocycles. The van der Waals surface area contributed by atoms with Crippen LogP contribution < -0.4 is 10.6 Å². The molecule has 0 saturated carbocycles. The van der Waals surface area contributed by atoms with Gasteiger partial charge in [-0.15, -0.1) is 0 Å². The smallest absolute Gasteiger partial charge is 0.222 e. The molecule has 1 amide bonds. The molecular weight excluding hydrogens is 354 g/mol. The number of aromatic nitrogens is 2. The van der Waals surface area contributed by atoms with E-state index in [2.05, 4.69) is 37.6 Å². The van der Waals surface area contributed by atoms with E-state index in [1.165, 1.54) is 5.56 Å². The second kappa shape index (κ2) is 8.67. The highest BCUT2D eigenvalue weighted by atomic mass is 16.5. The molecule has 1 spiro atoms. The molecule has 0 atom stereocenters. The molecule has 7 heteroatoms. The molecule has 2 N–H and O–H groups in total. The first-order valence-electron chi connectivity index (χ1n) is 9.93. The van der Waals surface area contributed by atoms with Gasteiger partial charge in [0.1, 0.15) is 0 Å². The maximum Gasteiger partial charge on any atom is 0.222 e. The largest absolute Gasteiger partial charge is 0.373 e. The van der Waals surface area contributed by atoms with Crippen molar-refractivity contribution in [1.82, 2.24) is 20.2 Å². The van der Waals surface area contributed by atoms with Gasteiger partial charge in [0.2, 0.25) is 11.9 Å². The Kier molecular flexibility index (Phi) is 5.83. The molecule has 2 aliphatic heterocycles. The number of amides is 1. The summed E-state index contributed by atoms with van der Waals surface area (Å²) in [6.45, 7) is 4.60. The Labute approximate surface area is 165 Å². The molecule has 2 saturated heterocycles. The van der Waals surface area contributed by atoms with E-state index in [0.29, 0.717) is 32.1 Å². The van der Waals surface area contributed by atoms with Crippen molar-refractivity contribution < 1.29 is 9.53 Å². The predicted molar refractivity (Wildman–Crippen MR) is 107 cm³/mol. The summed E-state index contributed by atoms with van der Waals surface area (Å²) in [4.78, 5) is 22.8. The van der Waals surface area contributed by atoms with Crippen LogP contribution in [0.15, 0.2) is 42.7 Å². The van der Waals surface area contributed by atoms with E-state index in [0.717, 1.165) is 38.0 Å². The molecule has 1 aromatic carbocycles. The molecule has 28 heavy (non-hydrogen) atoms. The van der Waals surface area contributed by atoms with Gasteiger partial charge in [0.05, 0.1) is 12.2 Å². The molecule has 2 aromatic rings. The summed E-state index contributed by atoms with van der Waals surface area (Å²) in [5, 5.41) is 6.24. The van der Waals surface area contributed by atoms with Crippen molar-refractivity contribution in [3.8, 4) is 0 Å². The summed E-state index contributed by atoms with van der Waals surface area (Å²) in [7, 11) is 0. The summed E-state index contributed by atoms with van der Waals surface area (Å²) < 4.78 is 6.04. The zero-order valence-corrected chi connectivity index (χ0v) is 16.1. The summed E-state index contributed by atoms with van der Waals surface area (Å²) >= 11 is 0. The predicted octanol–water partition coefficient (Wildman–Crippen LogP) is 1.96. The third-order valence-electron chi connectivity index (χ3n) is 5.52. The van der Waals surface area contributed by atoms with Crippen LogP contribution in [0.1, 0.15) is 30.4 Å². The number of hydrogen-bond acceptors (Lipinski definition) is 6. The molecule has 7 nitrogen and oxygen atoms in total. The Bertz CT molecular complexity index is 773. The van der Waals surface area contributed by atoms with Crippen LogP contribution in [-0.2, 0) is 22.6 Å². The summed E-state index contributed by atoms with van der Waals surface area (Å²) in [5.41, 5.74) is 2.12. The fourth-order valence-electron chi connectivity index (χ4n) is 3.76. The van der Waals surface area contributed by atoms with Crippen LogP contribution in [0.5, 0.6) is 0 Å². The summed E-state index contributed by atoms with van der Waals surface area (Å²) in [6, 6.07) is 10.2. The van der Waals surface area contributed by atoms with Gasteiger partial charge in [-0.3, -0.25) is 9.69 Å². The van der Waals surface area contributed by atoms with Crippen LogP contribution >= 0.6 is 0 Å². The van der Waals surface area contributed by atoms with Gasteiger partial charge in [-0.05, 0) is 18.4 Å². The van der Waals surface area contributed by atoms with Gasteiger partial charge < -0.3 is 15.4 Å². The monoisotopic (exact) mass is 381 g/mol. The first-order chi connectivity index (χ1) is 13.7. The van der Waals surface area contributed by atoms with Crippen molar-refractivity contribution in [2.45, 2.75) is 38.0 Å². The second-order valence-electron chi connectivity index (χ2n) is 7.59. The van der Waals surface area contributed by atoms with Crippen molar-refractivity contribution in [1.29, 1.82) is 0 Å². The maximum absolute atomic E-state index is 11.5. The third kappa shape index (κ3) is 4.85. The summed E-state index contributed by atoms with van der Waals surface area (Å²) in [6.07, 6.45) is 6.13. The van der Waals surface area contributed by atoms with Gasteiger partial charge in [-0.2, -0.15) is 0 Å². The highest BCUT2D eigenvalue weighted by Gasteiger charge is 2.37. The van der Waals surface area contributed by atoms with Gasteiger partial charge in [0.25, 0.3) is 0 Å². The van der Waals surface area contributed by atoms with Crippen molar-refractivity contribution in [2.24, 2.45) is 0 Å². The minimum Gasteiger partial charge on any atom is -0.373 e. The van der Waals surface area contributed by atoms with E-state index in [1.54, 1.807) is 0 Å². The van der Waals surface area contributed by atoms with E-state index in [-0.39, 0.29) is 11.5 Å². The Balaban J connectivity index is 1.25. The fourth-order valence-corrected chi connectivity index (χ4v) is 3.76. The minimum atomic E-state index is -0.190. The molecule has 0 bridgehead atoms. The quantitative estimate of drug-likeness (QED) is 0.824. The lowest BCUT2D eigenvalue weighted by atomic mass is 9.91. The van der Waals surface area contributed by atoms with Gasteiger partial charge >= 0.3 is 0 Å². The van der Waals surface area contributed by atoms with Crippen LogP contribution in [0.2, 0.25) is 0 Å². The number of nitrogens with one attached hydrogen (secondary N) is 2. The number of likely N-dealkylation sites (tertiary alicyclic amines) is 1. The molecule has 2 fully saturated rings. The van der Waals surface area contributed by atoms with Gasteiger partial charge in [0, 0.05) is 57.1 Å². The normalized spacial score (nSPS) is 19.8. The highest BCUT2D eigenvalue weighted by molar-refractivity contribution is 5.76. The van der Waals surface area contributed by atoms with Gasteiger partial charge in [-0.25, -0.2) is 9.97 Å². The minimum absolute atomic E-state index is 0.0948. The number of carbonyl (C=O) groups excluding carboxylic acids is 1. The highest BCUT2D eigenvalue weighted by Crippen LogP contribution is 2.28. The topological polar surface area (TPSA) is 79.4 Å². The molecule has 0 aliphatic carbocycles. The lowest BCUT2D eigenvalue weighted by Gasteiger charge is -2.40. The van der Waals surface area contributed by atoms with Crippen LogP contribution in [0.3, 0.4) is 0 Å². The van der Waals surface area contributed by atoms with E-state index >= 15 is 0 Å². The van der Waals surface area contributed by atoms with E-state index in [4.69, 9.17) is 4.74 Å². The van der Waals surface area contributed by atoms with E-state index in [9.17, 15) is 4.79 Å². The number of rotatable bonds is 5. The number of benzene rings is 1. The first kappa shape index (κ1) is 18.8. The fraction of sp³-hybridized carbons (Fsp3) is 0.476. The van der Waals surface area contributed by atoms with Gasteiger partial charge in [-0.1, -0.05) is 30.3 Å². The van der Waals surface area contributed by atoms with E-state index < -0.39 is 0 Å². The van der Waals surface area contributed by atoms with Crippen molar-refractivity contribution in [3.63, 3.8) is 0 Å². The summed E-state index contributed by atoms with van der Waals surface area (Å²) in [5.74, 6) is 0.741. The third-order valence-corrected chi connectivity index (χ3v) is 5.52. The van der Waals surface area contributed by atoms with Crippen molar-refractivity contribution >= 4 is 11.9 Å². The van der Waals surface area contributed by atoms with Crippen molar-refractivity contribution in [3.05, 3.63) is 53.9 Å².